The summed E-state index contributed by atoms with van der Waals surface area (Å²) in [6.07, 6.45) is 0. The van der Waals surface area contributed by atoms with Crippen LogP contribution in [0, 0.1) is 0 Å². The van der Waals surface area contributed by atoms with E-state index in [0.29, 0.717) is 34.3 Å². The van der Waals surface area contributed by atoms with Crippen molar-refractivity contribution in [1.82, 2.24) is 5.32 Å². The molecule has 0 spiro atoms. The fraction of sp³-hybridized carbons (Fsp3) is 0.133. The standard InChI is InChI=1S/C15H14BrClN2O2/c1-2-19-15(20)9-3-5-12(18)14(7-9)21-13-6-4-10(16)8-11(13)17/h3-8H,2,18H2,1H3,(H,19,20). The van der Waals surface area contributed by atoms with E-state index in [2.05, 4.69) is 21.2 Å². The number of rotatable bonds is 4. The molecule has 0 atom stereocenters. The van der Waals surface area contributed by atoms with E-state index in [0.717, 1.165) is 4.47 Å². The summed E-state index contributed by atoms with van der Waals surface area (Å²) in [5.74, 6) is 0.687. The second-order valence-electron chi connectivity index (χ2n) is 4.29. The largest absolute Gasteiger partial charge is 0.454 e. The van der Waals surface area contributed by atoms with E-state index in [-0.39, 0.29) is 5.91 Å². The van der Waals surface area contributed by atoms with Crippen molar-refractivity contribution in [3.8, 4) is 11.5 Å². The lowest BCUT2D eigenvalue weighted by Crippen LogP contribution is -2.22. The van der Waals surface area contributed by atoms with Gasteiger partial charge in [-0.1, -0.05) is 27.5 Å². The van der Waals surface area contributed by atoms with Crippen LogP contribution in [0.4, 0.5) is 5.69 Å². The molecule has 0 aliphatic carbocycles. The molecule has 0 aliphatic rings. The summed E-state index contributed by atoms with van der Waals surface area (Å²) in [5.41, 5.74) is 6.80. The first kappa shape index (κ1) is 15.7. The molecule has 4 nitrogen and oxygen atoms in total. The third-order valence-electron chi connectivity index (χ3n) is 2.73. The molecule has 0 radical (unpaired) electrons. The summed E-state index contributed by atoms with van der Waals surface area (Å²) in [4.78, 5) is 11.8. The van der Waals surface area contributed by atoms with E-state index >= 15 is 0 Å². The fourth-order valence-corrected chi connectivity index (χ4v) is 2.42. The van der Waals surface area contributed by atoms with Crippen LogP contribution in [0.25, 0.3) is 0 Å². The summed E-state index contributed by atoms with van der Waals surface area (Å²) in [7, 11) is 0. The van der Waals surface area contributed by atoms with Crippen LogP contribution >= 0.6 is 27.5 Å². The summed E-state index contributed by atoms with van der Waals surface area (Å²) >= 11 is 9.44. The molecule has 0 unspecified atom stereocenters. The number of hydrogen-bond acceptors (Lipinski definition) is 3. The van der Waals surface area contributed by atoms with Gasteiger partial charge in [0.2, 0.25) is 0 Å². The third-order valence-corrected chi connectivity index (χ3v) is 3.52. The summed E-state index contributed by atoms with van der Waals surface area (Å²) in [5, 5.41) is 3.17. The van der Waals surface area contributed by atoms with Crippen molar-refractivity contribution < 1.29 is 9.53 Å². The van der Waals surface area contributed by atoms with Crippen LogP contribution in [-0.2, 0) is 0 Å². The molecular weight excluding hydrogens is 356 g/mol. The highest BCUT2D eigenvalue weighted by Crippen LogP contribution is 2.34. The monoisotopic (exact) mass is 368 g/mol. The number of hydrogen-bond donors (Lipinski definition) is 2. The lowest BCUT2D eigenvalue weighted by atomic mass is 10.1. The Kier molecular flexibility index (Phi) is 5.09. The molecule has 0 fully saturated rings. The van der Waals surface area contributed by atoms with Crippen molar-refractivity contribution in [2.75, 3.05) is 12.3 Å². The van der Waals surface area contributed by atoms with Crippen molar-refractivity contribution in [3.63, 3.8) is 0 Å². The normalized spacial score (nSPS) is 10.2. The van der Waals surface area contributed by atoms with Gasteiger partial charge >= 0.3 is 0 Å². The Morgan fingerprint density at radius 1 is 1.29 bits per heavy atom. The van der Waals surface area contributed by atoms with Gasteiger partial charge in [0.25, 0.3) is 5.91 Å². The van der Waals surface area contributed by atoms with Crippen molar-refractivity contribution in [2.24, 2.45) is 0 Å². The SMILES string of the molecule is CCNC(=O)c1ccc(N)c(Oc2ccc(Br)cc2Cl)c1. The molecule has 2 aromatic carbocycles. The Labute approximate surface area is 136 Å². The molecule has 0 aliphatic heterocycles. The minimum absolute atomic E-state index is 0.177. The number of nitrogens with two attached hydrogens (primary N) is 1. The first-order chi connectivity index (χ1) is 10.0. The molecule has 21 heavy (non-hydrogen) atoms. The Balaban J connectivity index is 2.30. The topological polar surface area (TPSA) is 64.4 Å². The van der Waals surface area contributed by atoms with Gasteiger partial charge in [0.05, 0.1) is 10.7 Å². The number of halogens is 2. The van der Waals surface area contributed by atoms with E-state index in [1.165, 1.54) is 0 Å². The molecule has 1 amide bonds. The molecule has 0 heterocycles. The zero-order valence-electron chi connectivity index (χ0n) is 11.3. The Morgan fingerprint density at radius 3 is 2.71 bits per heavy atom. The molecule has 110 valence electrons. The molecule has 0 saturated carbocycles. The van der Waals surface area contributed by atoms with Gasteiger partial charge in [0.1, 0.15) is 5.75 Å². The average molecular weight is 370 g/mol. The maximum absolute atomic E-state index is 11.8. The number of nitrogen functional groups attached to an aromatic ring is 1. The quantitative estimate of drug-likeness (QED) is 0.793. The van der Waals surface area contributed by atoms with Crippen molar-refractivity contribution in [1.29, 1.82) is 0 Å². The Hall–Kier alpha value is -1.72. The molecule has 2 aromatic rings. The minimum atomic E-state index is -0.177. The van der Waals surface area contributed by atoms with Crippen LogP contribution in [0.15, 0.2) is 40.9 Å². The second-order valence-corrected chi connectivity index (χ2v) is 5.61. The van der Waals surface area contributed by atoms with Gasteiger partial charge in [-0.25, -0.2) is 0 Å². The smallest absolute Gasteiger partial charge is 0.251 e. The maximum atomic E-state index is 11.8. The zero-order chi connectivity index (χ0) is 15.4. The van der Waals surface area contributed by atoms with E-state index in [9.17, 15) is 4.79 Å². The number of ether oxygens (including phenoxy) is 1. The van der Waals surface area contributed by atoms with E-state index in [1.807, 2.05) is 13.0 Å². The van der Waals surface area contributed by atoms with Crippen LogP contribution in [-0.4, -0.2) is 12.5 Å². The van der Waals surface area contributed by atoms with Crippen LogP contribution in [0.5, 0.6) is 11.5 Å². The van der Waals surface area contributed by atoms with Gasteiger partial charge in [-0.2, -0.15) is 0 Å². The number of anilines is 1. The van der Waals surface area contributed by atoms with Gasteiger partial charge in [-0.05, 0) is 43.3 Å². The molecule has 6 heteroatoms. The highest BCUT2D eigenvalue weighted by atomic mass is 79.9. The van der Waals surface area contributed by atoms with Crippen molar-refractivity contribution >= 4 is 39.1 Å². The second kappa shape index (κ2) is 6.83. The first-order valence-electron chi connectivity index (χ1n) is 6.32. The lowest BCUT2D eigenvalue weighted by Gasteiger charge is -2.11. The zero-order valence-corrected chi connectivity index (χ0v) is 13.7. The number of benzene rings is 2. The highest BCUT2D eigenvalue weighted by molar-refractivity contribution is 9.10. The van der Waals surface area contributed by atoms with Gasteiger partial charge in [-0.15, -0.1) is 0 Å². The molecule has 0 bridgehead atoms. The number of nitrogens with one attached hydrogen (secondary N) is 1. The summed E-state index contributed by atoms with van der Waals surface area (Å²) in [6, 6.07) is 10.1. The molecule has 2 rings (SSSR count). The fourth-order valence-electron chi connectivity index (χ4n) is 1.70. The van der Waals surface area contributed by atoms with Gasteiger partial charge in [0, 0.05) is 16.6 Å². The third kappa shape index (κ3) is 3.89. The minimum Gasteiger partial charge on any atom is -0.454 e. The number of amides is 1. The average Bonchev–Trinajstić information content (AvgIpc) is 2.44. The molecule has 3 N–H and O–H groups in total. The number of carbonyl (C=O) groups excluding carboxylic acids is 1. The number of carbonyl (C=O) groups is 1. The predicted octanol–water partition coefficient (Wildman–Crippen LogP) is 4.23. The molecular formula is C15H14BrClN2O2. The summed E-state index contributed by atoms with van der Waals surface area (Å²) < 4.78 is 6.56. The van der Waals surface area contributed by atoms with E-state index in [1.54, 1.807) is 30.3 Å². The lowest BCUT2D eigenvalue weighted by molar-refractivity contribution is 0.0955. The van der Waals surface area contributed by atoms with Crippen molar-refractivity contribution in [3.05, 3.63) is 51.5 Å². The van der Waals surface area contributed by atoms with Crippen LogP contribution in [0.3, 0.4) is 0 Å². The summed E-state index contributed by atoms with van der Waals surface area (Å²) in [6.45, 7) is 2.41. The predicted molar refractivity (Wildman–Crippen MR) is 88.1 cm³/mol. The molecule has 0 saturated heterocycles. The molecule has 0 aromatic heterocycles. The van der Waals surface area contributed by atoms with Crippen LogP contribution in [0.2, 0.25) is 5.02 Å². The van der Waals surface area contributed by atoms with Crippen LogP contribution in [0.1, 0.15) is 17.3 Å². The van der Waals surface area contributed by atoms with Crippen molar-refractivity contribution in [2.45, 2.75) is 6.92 Å². The van der Waals surface area contributed by atoms with E-state index < -0.39 is 0 Å². The maximum Gasteiger partial charge on any atom is 0.251 e. The Morgan fingerprint density at radius 2 is 2.05 bits per heavy atom. The van der Waals surface area contributed by atoms with E-state index in [4.69, 9.17) is 22.1 Å². The Bertz CT molecular complexity index is 677. The van der Waals surface area contributed by atoms with Gasteiger partial charge in [-0.3, -0.25) is 4.79 Å². The van der Waals surface area contributed by atoms with Gasteiger partial charge in [0.15, 0.2) is 5.75 Å². The van der Waals surface area contributed by atoms with Gasteiger partial charge < -0.3 is 15.8 Å². The van der Waals surface area contributed by atoms with Crippen LogP contribution < -0.4 is 15.8 Å². The first-order valence-corrected chi connectivity index (χ1v) is 7.49. The highest BCUT2D eigenvalue weighted by Gasteiger charge is 2.11.